The molecular formula is C51H57N5O9. The van der Waals surface area contributed by atoms with Gasteiger partial charge < -0.3 is 34.5 Å². The second-order valence-corrected chi connectivity index (χ2v) is 18.9. The lowest BCUT2D eigenvalue weighted by Crippen LogP contribution is -2.54. The summed E-state index contributed by atoms with van der Waals surface area (Å²) in [5.74, 6) is -1.20. The number of benzene rings is 4. The molecule has 0 unspecified atom stereocenters. The number of ether oxygens (including phenoxy) is 4. The average molecular weight is 884 g/mol. The molecule has 1 aromatic heterocycles. The van der Waals surface area contributed by atoms with Gasteiger partial charge in [0.05, 0.1) is 30.2 Å². The van der Waals surface area contributed by atoms with Gasteiger partial charge in [0.1, 0.15) is 23.5 Å². The van der Waals surface area contributed by atoms with Crippen molar-refractivity contribution in [3.05, 3.63) is 119 Å². The van der Waals surface area contributed by atoms with E-state index in [9.17, 15) is 24.0 Å². The molecule has 5 aromatic rings. The summed E-state index contributed by atoms with van der Waals surface area (Å²) in [7, 11) is 0. The largest absolute Gasteiger partial charge is 0.455 e. The third kappa shape index (κ3) is 10.6. The third-order valence-electron chi connectivity index (χ3n) is 11.8. The summed E-state index contributed by atoms with van der Waals surface area (Å²) < 4.78 is 23.8. The van der Waals surface area contributed by atoms with Crippen LogP contribution in [0.3, 0.4) is 0 Å². The first-order chi connectivity index (χ1) is 31.0. The number of hydrogen-bond acceptors (Lipinski definition) is 10. The highest BCUT2D eigenvalue weighted by Gasteiger charge is 2.32. The maximum atomic E-state index is 14.1. The monoisotopic (exact) mass is 883 g/mol. The molecular weight excluding hydrogens is 827 g/mol. The number of piperazine rings is 1. The Morgan fingerprint density at radius 3 is 2.25 bits per heavy atom. The van der Waals surface area contributed by atoms with Crippen LogP contribution in [0.25, 0.3) is 22.0 Å². The molecule has 4 aromatic carbocycles. The lowest BCUT2D eigenvalue weighted by atomic mass is 10.0. The minimum absolute atomic E-state index is 0.00746. The van der Waals surface area contributed by atoms with E-state index in [2.05, 4.69) is 39.8 Å². The van der Waals surface area contributed by atoms with Gasteiger partial charge in [-0.15, -0.1) is 0 Å². The van der Waals surface area contributed by atoms with Crippen LogP contribution >= 0.6 is 0 Å². The maximum absolute atomic E-state index is 14.1. The van der Waals surface area contributed by atoms with Gasteiger partial charge in [0.2, 0.25) is 11.8 Å². The van der Waals surface area contributed by atoms with E-state index in [0.717, 1.165) is 41.6 Å². The molecule has 2 N–H and O–H groups in total. The minimum atomic E-state index is -0.866. The van der Waals surface area contributed by atoms with Crippen molar-refractivity contribution in [3.8, 4) is 11.1 Å². The van der Waals surface area contributed by atoms with E-state index >= 15 is 0 Å². The van der Waals surface area contributed by atoms with Gasteiger partial charge in [-0.1, -0.05) is 60.7 Å². The Hall–Kier alpha value is -6.51. The van der Waals surface area contributed by atoms with Gasteiger partial charge in [0.15, 0.2) is 0 Å². The molecule has 14 nitrogen and oxygen atoms in total. The number of esters is 1. The number of rotatable bonds is 10. The number of fused-ring (bicyclic) bond motifs is 4. The van der Waals surface area contributed by atoms with E-state index in [1.165, 1.54) is 28.3 Å². The van der Waals surface area contributed by atoms with Crippen LogP contribution < -0.4 is 15.5 Å². The van der Waals surface area contributed by atoms with Crippen LogP contribution in [0.4, 0.5) is 21.0 Å². The summed E-state index contributed by atoms with van der Waals surface area (Å²) in [6.07, 6.45) is 0.920. The molecule has 340 valence electrons. The number of carbonyl (C=O) groups excluding carboxylic acids is 5. The molecule has 3 aliphatic rings. The van der Waals surface area contributed by atoms with Crippen LogP contribution in [0.5, 0.6) is 0 Å². The number of amides is 3. The van der Waals surface area contributed by atoms with Crippen molar-refractivity contribution in [2.24, 2.45) is 0 Å². The summed E-state index contributed by atoms with van der Waals surface area (Å²) in [5, 5.41) is 6.27. The van der Waals surface area contributed by atoms with E-state index in [1.807, 2.05) is 30.3 Å². The lowest BCUT2D eigenvalue weighted by molar-refractivity contribution is -0.122. The van der Waals surface area contributed by atoms with E-state index in [4.69, 9.17) is 18.9 Å². The van der Waals surface area contributed by atoms with Gasteiger partial charge in [-0.2, -0.15) is 0 Å². The molecule has 0 spiro atoms. The zero-order valence-corrected chi connectivity index (χ0v) is 37.9. The molecule has 0 radical (unpaired) electrons. The number of anilines is 2. The van der Waals surface area contributed by atoms with E-state index < -0.39 is 41.3 Å². The van der Waals surface area contributed by atoms with Crippen molar-refractivity contribution in [2.75, 3.05) is 43.1 Å². The molecule has 2 aliphatic heterocycles. The van der Waals surface area contributed by atoms with Crippen molar-refractivity contribution >= 4 is 52.2 Å². The van der Waals surface area contributed by atoms with Gasteiger partial charge in [0, 0.05) is 43.4 Å². The van der Waals surface area contributed by atoms with Crippen LogP contribution in [-0.4, -0.2) is 89.5 Å². The number of alkyl carbamates (subject to hydrolysis) is 1. The van der Waals surface area contributed by atoms with Crippen LogP contribution in [0.1, 0.15) is 99.6 Å². The molecule has 14 heteroatoms. The second-order valence-electron chi connectivity index (χ2n) is 18.9. The van der Waals surface area contributed by atoms with E-state index in [-0.39, 0.29) is 24.6 Å². The predicted molar refractivity (Wildman–Crippen MR) is 247 cm³/mol. The smallest absolute Gasteiger partial charge is 0.419 e. The molecule has 3 heterocycles. The molecule has 8 rings (SSSR count). The first-order valence-corrected chi connectivity index (χ1v) is 22.3. The Bertz CT molecular complexity index is 2620. The van der Waals surface area contributed by atoms with Gasteiger partial charge in [-0.3, -0.25) is 14.5 Å². The molecule has 2 fully saturated rings. The normalized spacial score (nSPS) is 16.1. The Kier molecular flexibility index (Phi) is 12.9. The van der Waals surface area contributed by atoms with E-state index in [1.54, 1.807) is 76.8 Å². The quantitative estimate of drug-likeness (QED) is 0.101. The summed E-state index contributed by atoms with van der Waals surface area (Å²) in [4.78, 5) is 72.2. The zero-order chi connectivity index (χ0) is 46.0. The van der Waals surface area contributed by atoms with Gasteiger partial charge >= 0.3 is 18.2 Å². The lowest BCUT2D eigenvalue weighted by Gasteiger charge is -2.40. The van der Waals surface area contributed by atoms with Gasteiger partial charge in [-0.05, 0) is 125 Å². The van der Waals surface area contributed by atoms with Crippen molar-refractivity contribution < 1.29 is 42.9 Å². The fourth-order valence-electron chi connectivity index (χ4n) is 8.80. The van der Waals surface area contributed by atoms with Crippen LogP contribution in [0.15, 0.2) is 91.0 Å². The number of hydrogen-bond donors (Lipinski definition) is 2. The molecule has 1 atom stereocenters. The predicted octanol–water partition coefficient (Wildman–Crippen LogP) is 8.77. The van der Waals surface area contributed by atoms with Gasteiger partial charge in [-0.25, -0.2) is 19.0 Å². The second kappa shape index (κ2) is 18.5. The SMILES string of the molecule is CC(C)(C)OC(=O)c1cc2c(NC(=O)C[C@H](NC(=O)OCc3ccc4c(c3)Cc3ccccc3-4)c3ccc(N4CCN(C5CCOCC5)CC4=O)cc3)cccc2n1C(=O)OC(C)(C)C. The van der Waals surface area contributed by atoms with Crippen molar-refractivity contribution in [2.45, 2.75) is 97.1 Å². The highest BCUT2D eigenvalue weighted by atomic mass is 16.6. The van der Waals surface area contributed by atoms with Crippen LogP contribution in [0, 0.1) is 0 Å². The Morgan fingerprint density at radius 2 is 1.52 bits per heavy atom. The van der Waals surface area contributed by atoms with Crippen molar-refractivity contribution in [1.82, 2.24) is 14.8 Å². The molecule has 1 aliphatic carbocycles. The summed E-state index contributed by atoms with van der Waals surface area (Å²) >= 11 is 0. The van der Waals surface area contributed by atoms with Crippen LogP contribution in [0.2, 0.25) is 0 Å². The topological polar surface area (TPSA) is 158 Å². The summed E-state index contributed by atoms with van der Waals surface area (Å²) in [5.41, 5.74) is 5.84. The average Bonchev–Trinajstić information content (AvgIpc) is 3.84. The Balaban J connectivity index is 1.02. The first kappa shape index (κ1) is 45.1. The molecule has 0 bridgehead atoms. The van der Waals surface area contributed by atoms with Crippen molar-refractivity contribution in [1.29, 1.82) is 0 Å². The summed E-state index contributed by atoms with van der Waals surface area (Å²) in [6.45, 7) is 13.4. The Morgan fingerprint density at radius 1 is 0.800 bits per heavy atom. The highest BCUT2D eigenvalue weighted by molar-refractivity contribution is 6.08. The molecule has 3 amide bonds. The molecule has 2 saturated heterocycles. The Labute approximate surface area is 379 Å². The summed E-state index contributed by atoms with van der Waals surface area (Å²) in [6, 6.07) is 27.6. The fourth-order valence-corrected chi connectivity index (χ4v) is 8.80. The van der Waals surface area contributed by atoms with E-state index in [0.29, 0.717) is 54.5 Å². The minimum Gasteiger partial charge on any atom is -0.455 e. The standard InChI is InChI=1S/C51H57N5O9/c1-50(2,3)64-47(59)44-28-40-41(12-9-13-43(40)56(44)49(61)65-51(4,5)6)52-45(57)29-42(53-48(60)63-31-32-14-19-39-35(26-32)27-34-10-7-8-11-38(34)39)33-15-17-37(18-16-33)55-23-22-54(30-46(55)58)36-20-24-62-25-21-36/h7-19,26,28,36,42H,20-25,27,29-31H2,1-6H3,(H,52,57)(H,53,60)/t42-/m0/s1. The van der Waals surface area contributed by atoms with Crippen LogP contribution in [-0.2, 0) is 41.6 Å². The van der Waals surface area contributed by atoms with Gasteiger partial charge in [0.25, 0.3) is 0 Å². The number of aromatic nitrogens is 1. The number of carbonyl (C=O) groups is 5. The maximum Gasteiger partial charge on any atom is 0.419 e. The number of nitrogens with one attached hydrogen (secondary N) is 2. The fraction of sp³-hybridized carbons (Fsp3) is 0.392. The highest BCUT2D eigenvalue weighted by Crippen LogP contribution is 2.37. The zero-order valence-electron chi connectivity index (χ0n) is 37.9. The number of nitrogens with zero attached hydrogens (tertiary/aromatic N) is 3. The molecule has 65 heavy (non-hydrogen) atoms. The third-order valence-corrected chi connectivity index (χ3v) is 11.8. The first-order valence-electron chi connectivity index (χ1n) is 22.3. The van der Waals surface area contributed by atoms with Crippen molar-refractivity contribution in [3.63, 3.8) is 0 Å². The molecule has 0 saturated carbocycles.